The van der Waals surface area contributed by atoms with E-state index in [-0.39, 0.29) is 6.61 Å². The highest BCUT2D eigenvalue weighted by Crippen LogP contribution is 2.16. The van der Waals surface area contributed by atoms with E-state index >= 15 is 0 Å². The molecule has 0 bridgehead atoms. The summed E-state index contributed by atoms with van der Waals surface area (Å²) >= 11 is 5.66. The Balaban J connectivity index is 2.61. The molecule has 1 aromatic carbocycles. The number of hydrogen-bond donors (Lipinski definition) is 1. The van der Waals surface area contributed by atoms with Gasteiger partial charge in [0.2, 0.25) is 0 Å². The summed E-state index contributed by atoms with van der Waals surface area (Å²) in [5, 5.41) is 10.1. The van der Waals surface area contributed by atoms with Crippen molar-refractivity contribution < 1.29 is 17.7 Å². The number of rotatable bonds is 4. The third-order valence-corrected chi connectivity index (χ3v) is 2.51. The van der Waals surface area contributed by atoms with Crippen LogP contribution in [-0.4, -0.2) is 26.4 Å². The van der Waals surface area contributed by atoms with Gasteiger partial charge in [-0.3, -0.25) is 4.18 Å². The molecule has 0 amide bonds. The summed E-state index contributed by atoms with van der Waals surface area (Å²) in [6.45, 7) is -0.291. The van der Waals surface area contributed by atoms with Crippen molar-refractivity contribution in [3.63, 3.8) is 0 Å². The predicted molar refractivity (Wildman–Crippen MR) is 57.2 cm³/mol. The topological polar surface area (TPSA) is 63.6 Å². The van der Waals surface area contributed by atoms with Crippen LogP contribution in [0.3, 0.4) is 0 Å². The van der Waals surface area contributed by atoms with Gasteiger partial charge in [-0.2, -0.15) is 8.42 Å². The molecule has 15 heavy (non-hydrogen) atoms. The molecule has 0 saturated heterocycles. The van der Waals surface area contributed by atoms with Crippen molar-refractivity contribution in [1.82, 2.24) is 0 Å². The molecule has 0 aliphatic heterocycles. The monoisotopic (exact) mass is 250 g/mol. The molecule has 0 aromatic heterocycles. The highest BCUT2D eigenvalue weighted by atomic mass is 35.5. The Morgan fingerprint density at radius 1 is 1.40 bits per heavy atom. The van der Waals surface area contributed by atoms with E-state index in [9.17, 15) is 13.5 Å². The quantitative estimate of drug-likeness (QED) is 0.820. The lowest BCUT2D eigenvalue weighted by Gasteiger charge is -2.10. The molecule has 84 valence electrons. The zero-order chi connectivity index (χ0) is 11.5. The van der Waals surface area contributed by atoms with Crippen molar-refractivity contribution in [2.45, 2.75) is 6.10 Å². The molecule has 0 aliphatic rings. The minimum absolute atomic E-state index is 0.291. The Hall–Kier alpha value is -0.620. The van der Waals surface area contributed by atoms with Gasteiger partial charge in [0, 0.05) is 5.02 Å². The summed E-state index contributed by atoms with van der Waals surface area (Å²) < 4.78 is 25.8. The number of hydrogen-bond acceptors (Lipinski definition) is 4. The number of benzene rings is 1. The first-order chi connectivity index (χ1) is 6.88. The molecule has 0 heterocycles. The first kappa shape index (κ1) is 12.4. The summed E-state index contributed by atoms with van der Waals surface area (Å²) in [6.07, 6.45) is -0.0429. The third kappa shape index (κ3) is 4.61. The normalized spacial score (nSPS) is 13.8. The summed E-state index contributed by atoms with van der Waals surface area (Å²) in [7, 11) is -3.52. The second-order valence-electron chi connectivity index (χ2n) is 3.06. The molecule has 0 spiro atoms. The Labute approximate surface area is 93.6 Å². The summed E-state index contributed by atoms with van der Waals surface area (Å²) in [5.74, 6) is 0. The molecule has 1 aromatic rings. The van der Waals surface area contributed by atoms with Crippen LogP contribution in [0.2, 0.25) is 5.02 Å². The maximum absolute atomic E-state index is 10.7. The van der Waals surface area contributed by atoms with E-state index in [4.69, 9.17) is 11.6 Å². The maximum Gasteiger partial charge on any atom is 0.264 e. The van der Waals surface area contributed by atoms with Crippen LogP contribution in [0.25, 0.3) is 0 Å². The largest absolute Gasteiger partial charge is 0.386 e. The van der Waals surface area contributed by atoms with Crippen molar-refractivity contribution in [2.24, 2.45) is 0 Å². The second-order valence-corrected chi connectivity index (χ2v) is 5.14. The van der Waals surface area contributed by atoms with Crippen LogP contribution < -0.4 is 0 Å². The average molecular weight is 251 g/mol. The Bertz CT molecular complexity index is 412. The maximum atomic E-state index is 10.7. The predicted octanol–water partition coefficient (Wildman–Crippen LogP) is 1.35. The van der Waals surface area contributed by atoms with Gasteiger partial charge in [-0.25, -0.2) is 0 Å². The molecular weight excluding hydrogens is 240 g/mol. The van der Waals surface area contributed by atoms with Crippen molar-refractivity contribution in [3.8, 4) is 0 Å². The van der Waals surface area contributed by atoms with Gasteiger partial charge >= 0.3 is 0 Å². The zero-order valence-electron chi connectivity index (χ0n) is 8.05. The van der Waals surface area contributed by atoms with Crippen LogP contribution in [0, 0.1) is 0 Å². The summed E-state index contributed by atoms with van der Waals surface area (Å²) in [5.41, 5.74) is 0.558. The molecule has 1 atom stereocenters. The van der Waals surface area contributed by atoms with Crippen molar-refractivity contribution in [2.75, 3.05) is 12.9 Å². The minimum atomic E-state index is -3.52. The van der Waals surface area contributed by atoms with Gasteiger partial charge in [-0.05, 0) is 17.7 Å². The van der Waals surface area contributed by atoms with E-state index in [1.807, 2.05) is 0 Å². The van der Waals surface area contributed by atoms with Crippen molar-refractivity contribution in [1.29, 1.82) is 0 Å². The van der Waals surface area contributed by atoms with Crippen LogP contribution in [0.1, 0.15) is 11.7 Å². The fourth-order valence-electron chi connectivity index (χ4n) is 0.969. The second kappa shape index (κ2) is 4.94. The van der Waals surface area contributed by atoms with E-state index < -0.39 is 16.2 Å². The van der Waals surface area contributed by atoms with Gasteiger partial charge in [0.05, 0.1) is 12.9 Å². The van der Waals surface area contributed by atoms with E-state index in [0.717, 1.165) is 6.26 Å². The lowest BCUT2D eigenvalue weighted by Crippen LogP contribution is -2.11. The molecule has 0 unspecified atom stereocenters. The fourth-order valence-corrected chi connectivity index (χ4v) is 1.47. The highest BCUT2D eigenvalue weighted by molar-refractivity contribution is 7.85. The van der Waals surface area contributed by atoms with Gasteiger partial charge in [0.1, 0.15) is 6.10 Å². The number of halogens is 1. The average Bonchev–Trinajstić information content (AvgIpc) is 2.14. The SMILES string of the molecule is CS(=O)(=O)OC[C@@H](O)c1ccc(Cl)cc1. The Kier molecular flexibility index (Phi) is 4.10. The summed E-state index contributed by atoms with van der Waals surface area (Å²) in [6, 6.07) is 6.44. The standard InChI is InChI=1S/C9H11ClO4S/c1-15(12,13)14-6-9(11)7-2-4-8(10)5-3-7/h2-5,9,11H,6H2,1H3/t9-/m1/s1. The van der Waals surface area contributed by atoms with E-state index in [1.165, 1.54) is 0 Å². The van der Waals surface area contributed by atoms with E-state index in [1.54, 1.807) is 24.3 Å². The zero-order valence-corrected chi connectivity index (χ0v) is 9.62. The molecule has 6 heteroatoms. The fraction of sp³-hybridized carbons (Fsp3) is 0.333. The van der Waals surface area contributed by atoms with Crippen LogP contribution >= 0.6 is 11.6 Å². The van der Waals surface area contributed by atoms with Crippen LogP contribution in [0.5, 0.6) is 0 Å². The minimum Gasteiger partial charge on any atom is -0.386 e. The smallest absolute Gasteiger partial charge is 0.264 e. The lowest BCUT2D eigenvalue weighted by molar-refractivity contribution is 0.112. The van der Waals surface area contributed by atoms with Crippen molar-refractivity contribution in [3.05, 3.63) is 34.9 Å². The Morgan fingerprint density at radius 3 is 2.40 bits per heavy atom. The van der Waals surface area contributed by atoms with E-state index in [2.05, 4.69) is 4.18 Å². The third-order valence-electron chi connectivity index (χ3n) is 1.69. The first-order valence-electron chi connectivity index (χ1n) is 4.16. The summed E-state index contributed by atoms with van der Waals surface area (Å²) in [4.78, 5) is 0. The molecule has 1 N–H and O–H groups in total. The van der Waals surface area contributed by atoms with Gasteiger partial charge in [-0.1, -0.05) is 23.7 Å². The molecular formula is C9H11ClO4S. The van der Waals surface area contributed by atoms with Gasteiger partial charge < -0.3 is 5.11 Å². The molecule has 0 radical (unpaired) electrons. The Morgan fingerprint density at radius 2 is 1.93 bits per heavy atom. The molecule has 4 nitrogen and oxygen atoms in total. The van der Waals surface area contributed by atoms with Crippen LogP contribution in [0.4, 0.5) is 0 Å². The highest BCUT2D eigenvalue weighted by Gasteiger charge is 2.11. The van der Waals surface area contributed by atoms with E-state index in [0.29, 0.717) is 10.6 Å². The molecule has 0 saturated carbocycles. The van der Waals surface area contributed by atoms with Crippen molar-refractivity contribution >= 4 is 21.7 Å². The molecule has 1 rings (SSSR count). The van der Waals surface area contributed by atoms with Gasteiger partial charge in [-0.15, -0.1) is 0 Å². The lowest BCUT2D eigenvalue weighted by atomic mass is 10.1. The van der Waals surface area contributed by atoms with Crippen LogP contribution in [-0.2, 0) is 14.3 Å². The van der Waals surface area contributed by atoms with Gasteiger partial charge in [0.25, 0.3) is 10.1 Å². The number of aliphatic hydroxyl groups excluding tert-OH is 1. The number of aliphatic hydroxyl groups is 1. The van der Waals surface area contributed by atoms with Crippen LogP contribution in [0.15, 0.2) is 24.3 Å². The van der Waals surface area contributed by atoms with Gasteiger partial charge in [0.15, 0.2) is 0 Å². The molecule has 0 fully saturated rings. The first-order valence-corrected chi connectivity index (χ1v) is 6.36. The molecule has 0 aliphatic carbocycles.